The predicted octanol–water partition coefficient (Wildman–Crippen LogP) is 4.52. The summed E-state index contributed by atoms with van der Waals surface area (Å²) in [6, 6.07) is 13.8. The van der Waals surface area contributed by atoms with E-state index in [1.54, 1.807) is 0 Å². The summed E-state index contributed by atoms with van der Waals surface area (Å²) in [5.41, 5.74) is 2.02. The van der Waals surface area contributed by atoms with Gasteiger partial charge in [-0.1, -0.05) is 19.4 Å². The molecule has 6 nitrogen and oxygen atoms in total. The number of hydrogen-bond acceptors (Lipinski definition) is 4. The summed E-state index contributed by atoms with van der Waals surface area (Å²) in [7, 11) is 1.85. The van der Waals surface area contributed by atoms with Gasteiger partial charge in [0.2, 0.25) is 0 Å². The highest BCUT2D eigenvalue weighted by atomic mass is 16.5. The highest BCUT2D eigenvalue weighted by Gasteiger charge is 2.16. The molecule has 0 amide bonds. The van der Waals surface area contributed by atoms with Gasteiger partial charge in [0.1, 0.15) is 11.6 Å². The average Bonchev–Trinajstić information content (AvgIpc) is 3.11. The number of benzene rings is 1. The van der Waals surface area contributed by atoms with Crippen LogP contribution in [-0.2, 0) is 11.2 Å². The van der Waals surface area contributed by atoms with Gasteiger partial charge in [-0.05, 0) is 42.8 Å². The topological polar surface area (TPSA) is 76.4 Å². The van der Waals surface area contributed by atoms with Crippen molar-refractivity contribution in [2.24, 2.45) is 0 Å². The number of fused-ring (bicyclic) bond motifs is 1. The quantitative estimate of drug-likeness (QED) is 0.540. The van der Waals surface area contributed by atoms with E-state index in [4.69, 9.17) is 4.74 Å². The van der Waals surface area contributed by atoms with Crippen molar-refractivity contribution in [2.45, 2.75) is 38.6 Å². The van der Waals surface area contributed by atoms with Crippen LogP contribution in [0.2, 0.25) is 0 Å². The third kappa shape index (κ3) is 4.82. The lowest BCUT2D eigenvalue weighted by molar-refractivity contribution is -0.137. The fourth-order valence-electron chi connectivity index (χ4n) is 3.46. The molecule has 2 N–H and O–H groups in total. The van der Waals surface area contributed by atoms with Crippen LogP contribution in [0.1, 0.15) is 37.9 Å². The number of hydrogen-bond donors (Lipinski definition) is 2. The Hall–Kier alpha value is -3.02. The number of nitrogens with zero attached hydrogens (tertiary/aromatic N) is 2. The number of aromatic nitrogens is 2. The number of rotatable bonds is 10. The standard InChI is InChI=1S/C22H27N3O3/c1-3-5-18(15-22(26)27)25-12-10-16-14-19(8-9-20(16)25)28-13-11-17-6-4-7-21(23-2)24-17/h4,6-10,12,14,18H,3,5,11,13,15H2,1-2H3,(H,23,24)(H,26,27). The van der Waals surface area contributed by atoms with Crippen molar-refractivity contribution in [2.75, 3.05) is 19.0 Å². The molecule has 0 fully saturated rings. The van der Waals surface area contributed by atoms with Crippen LogP contribution in [0, 0.1) is 0 Å². The van der Waals surface area contributed by atoms with Gasteiger partial charge in [-0.15, -0.1) is 0 Å². The Balaban J connectivity index is 1.68. The lowest BCUT2D eigenvalue weighted by Crippen LogP contribution is -2.12. The first-order valence-corrected chi connectivity index (χ1v) is 9.69. The van der Waals surface area contributed by atoms with Gasteiger partial charge in [0.15, 0.2) is 0 Å². The Morgan fingerprint density at radius 1 is 1.29 bits per heavy atom. The Bertz CT molecular complexity index is 936. The number of nitrogens with one attached hydrogen (secondary N) is 1. The van der Waals surface area contributed by atoms with Crippen LogP contribution in [0.15, 0.2) is 48.7 Å². The van der Waals surface area contributed by atoms with Crippen LogP contribution in [0.5, 0.6) is 5.75 Å². The van der Waals surface area contributed by atoms with E-state index < -0.39 is 5.97 Å². The largest absolute Gasteiger partial charge is 0.493 e. The summed E-state index contributed by atoms with van der Waals surface area (Å²) in [5.74, 6) is 0.889. The van der Waals surface area contributed by atoms with Gasteiger partial charge in [-0.25, -0.2) is 4.98 Å². The summed E-state index contributed by atoms with van der Waals surface area (Å²) >= 11 is 0. The van der Waals surface area contributed by atoms with Crippen LogP contribution >= 0.6 is 0 Å². The molecule has 0 aliphatic carbocycles. The zero-order chi connectivity index (χ0) is 19.9. The highest BCUT2D eigenvalue weighted by Crippen LogP contribution is 2.28. The number of ether oxygens (including phenoxy) is 1. The SMILES string of the molecule is CCCC(CC(=O)O)n1ccc2cc(OCCc3cccc(NC)n3)ccc21. The van der Waals surface area contributed by atoms with Crippen molar-refractivity contribution in [3.63, 3.8) is 0 Å². The van der Waals surface area contributed by atoms with E-state index in [9.17, 15) is 9.90 Å². The van der Waals surface area contributed by atoms with Crippen molar-refractivity contribution in [3.05, 3.63) is 54.4 Å². The molecule has 1 unspecified atom stereocenters. The number of pyridine rings is 1. The minimum absolute atomic E-state index is 0.0303. The molecule has 1 atom stereocenters. The molecule has 6 heteroatoms. The smallest absolute Gasteiger partial charge is 0.305 e. The van der Waals surface area contributed by atoms with Gasteiger partial charge in [-0.2, -0.15) is 0 Å². The van der Waals surface area contributed by atoms with Gasteiger partial charge >= 0.3 is 5.97 Å². The molecule has 2 aromatic heterocycles. The molecule has 0 spiro atoms. The molecule has 148 valence electrons. The molecular formula is C22H27N3O3. The molecule has 0 saturated carbocycles. The second kappa shape index (κ2) is 9.26. The van der Waals surface area contributed by atoms with E-state index in [1.807, 2.05) is 55.7 Å². The third-order valence-electron chi connectivity index (χ3n) is 4.81. The zero-order valence-electron chi connectivity index (χ0n) is 16.4. The molecule has 0 saturated heterocycles. The van der Waals surface area contributed by atoms with E-state index in [2.05, 4.69) is 21.8 Å². The number of aliphatic carboxylic acids is 1. The van der Waals surface area contributed by atoms with Crippen molar-refractivity contribution >= 4 is 22.7 Å². The second-order valence-corrected chi connectivity index (χ2v) is 6.85. The van der Waals surface area contributed by atoms with Gasteiger partial charge in [-0.3, -0.25) is 4.79 Å². The average molecular weight is 381 g/mol. The molecule has 0 radical (unpaired) electrons. The summed E-state index contributed by atoms with van der Waals surface area (Å²) in [6.07, 6.45) is 4.62. The highest BCUT2D eigenvalue weighted by molar-refractivity contribution is 5.82. The van der Waals surface area contributed by atoms with Crippen LogP contribution in [0.4, 0.5) is 5.82 Å². The Morgan fingerprint density at radius 2 is 2.14 bits per heavy atom. The van der Waals surface area contributed by atoms with Crippen LogP contribution < -0.4 is 10.1 Å². The lowest BCUT2D eigenvalue weighted by atomic mass is 10.1. The molecule has 0 bridgehead atoms. The summed E-state index contributed by atoms with van der Waals surface area (Å²) < 4.78 is 7.98. The number of carbonyl (C=O) groups is 1. The molecule has 3 aromatic rings. The van der Waals surface area contributed by atoms with Crippen molar-refractivity contribution in [3.8, 4) is 5.75 Å². The van der Waals surface area contributed by atoms with Crippen molar-refractivity contribution in [1.82, 2.24) is 9.55 Å². The van der Waals surface area contributed by atoms with E-state index in [1.165, 1.54) is 0 Å². The van der Waals surface area contributed by atoms with E-state index in [0.29, 0.717) is 6.61 Å². The lowest BCUT2D eigenvalue weighted by Gasteiger charge is -2.18. The van der Waals surface area contributed by atoms with Gasteiger partial charge in [0, 0.05) is 42.3 Å². The molecular weight excluding hydrogens is 354 g/mol. The Kier molecular flexibility index (Phi) is 6.53. The molecule has 2 heterocycles. The first-order chi connectivity index (χ1) is 13.6. The molecule has 0 aliphatic rings. The molecule has 1 aromatic carbocycles. The third-order valence-corrected chi connectivity index (χ3v) is 4.81. The first-order valence-electron chi connectivity index (χ1n) is 9.69. The maximum absolute atomic E-state index is 11.2. The minimum Gasteiger partial charge on any atom is -0.493 e. The normalized spacial score (nSPS) is 12.1. The van der Waals surface area contributed by atoms with Gasteiger partial charge in [0.05, 0.1) is 13.0 Å². The first kappa shape index (κ1) is 19.7. The monoisotopic (exact) mass is 381 g/mol. The van der Waals surface area contributed by atoms with Crippen molar-refractivity contribution in [1.29, 1.82) is 0 Å². The maximum atomic E-state index is 11.2. The Morgan fingerprint density at radius 3 is 2.89 bits per heavy atom. The number of carboxylic acids is 1. The van der Waals surface area contributed by atoms with E-state index in [-0.39, 0.29) is 12.5 Å². The van der Waals surface area contributed by atoms with Crippen LogP contribution in [0.3, 0.4) is 0 Å². The van der Waals surface area contributed by atoms with Crippen LogP contribution in [-0.4, -0.2) is 34.3 Å². The summed E-state index contributed by atoms with van der Waals surface area (Å²) in [5, 5.41) is 13.3. The summed E-state index contributed by atoms with van der Waals surface area (Å²) in [6.45, 7) is 2.62. The minimum atomic E-state index is -0.767. The predicted molar refractivity (Wildman–Crippen MR) is 111 cm³/mol. The fourth-order valence-corrected chi connectivity index (χ4v) is 3.46. The van der Waals surface area contributed by atoms with E-state index in [0.717, 1.165) is 47.4 Å². The second-order valence-electron chi connectivity index (χ2n) is 6.85. The van der Waals surface area contributed by atoms with Crippen molar-refractivity contribution < 1.29 is 14.6 Å². The zero-order valence-corrected chi connectivity index (χ0v) is 16.4. The number of carboxylic acid groups (broad SMARTS) is 1. The van der Waals surface area contributed by atoms with Gasteiger partial charge in [0.25, 0.3) is 0 Å². The fraction of sp³-hybridized carbons (Fsp3) is 0.364. The van der Waals surface area contributed by atoms with Gasteiger partial charge < -0.3 is 19.7 Å². The Labute approximate surface area is 165 Å². The maximum Gasteiger partial charge on any atom is 0.305 e. The molecule has 28 heavy (non-hydrogen) atoms. The van der Waals surface area contributed by atoms with E-state index >= 15 is 0 Å². The molecule has 0 aliphatic heterocycles. The van der Waals surface area contributed by atoms with Crippen LogP contribution in [0.25, 0.3) is 10.9 Å². The number of anilines is 1. The molecule has 3 rings (SSSR count). The summed E-state index contributed by atoms with van der Waals surface area (Å²) in [4.78, 5) is 15.7.